The Morgan fingerprint density at radius 2 is 1.88 bits per heavy atom. The highest BCUT2D eigenvalue weighted by atomic mass is 16.1. The molecule has 0 aliphatic heterocycles. The van der Waals surface area contributed by atoms with Crippen molar-refractivity contribution in [2.24, 2.45) is 0 Å². The summed E-state index contributed by atoms with van der Waals surface area (Å²) in [6, 6.07) is 15.2. The summed E-state index contributed by atoms with van der Waals surface area (Å²) in [6.45, 7) is 6.88. The summed E-state index contributed by atoms with van der Waals surface area (Å²) >= 11 is 0. The number of nitrogens with one attached hydrogen (secondary N) is 1. The van der Waals surface area contributed by atoms with Gasteiger partial charge in [0.1, 0.15) is 12.7 Å². The zero-order valence-electron chi connectivity index (χ0n) is 14.9. The van der Waals surface area contributed by atoms with Crippen LogP contribution >= 0.6 is 0 Å². The lowest BCUT2D eigenvalue weighted by Gasteiger charge is -2.07. The van der Waals surface area contributed by atoms with Gasteiger partial charge in [0, 0.05) is 12.7 Å². The van der Waals surface area contributed by atoms with Gasteiger partial charge in [-0.15, -0.1) is 0 Å². The summed E-state index contributed by atoms with van der Waals surface area (Å²) in [4.78, 5) is 16.1. The molecule has 2 aromatic carbocycles. The molecule has 25 heavy (non-hydrogen) atoms. The van der Waals surface area contributed by atoms with E-state index in [0.29, 0.717) is 12.1 Å². The fourth-order valence-corrected chi connectivity index (χ4v) is 2.18. The van der Waals surface area contributed by atoms with Crippen LogP contribution < -0.4 is 5.32 Å². The lowest BCUT2D eigenvalue weighted by Crippen LogP contribution is -2.12. The topological polar surface area (TPSA) is 59.8 Å². The first-order chi connectivity index (χ1) is 12.1. The first kappa shape index (κ1) is 18.4. The van der Waals surface area contributed by atoms with Crippen molar-refractivity contribution in [3.8, 4) is 0 Å². The van der Waals surface area contributed by atoms with Crippen LogP contribution in [0.3, 0.4) is 0 Å². The molecule has 1 N–H and O–H groups in total. The molecule has 0 radical (unpaired) electrons. The first-order valence-electron chi connectivity index (χ1n) is 8.41. The lowest BCUT2D eigenvalue weighted by molar-refractivity contribution is 0.102. The summed E-state index contributed by atoms with van der Waals surface area (Å²) in [6.07, 6.45) is 4.43. The van der Waals surface area contributed by atoms with Gasteiger partial charge in [-0.25, -0.2) is 9.67 Å². The van der Waals surface area contributed by atoms with Gasteiger partial charge in [0.25, 0.3) is 5.91 Å². The molecule has 1 amide bonds. The zero-order chi connectivity index (χ0) is 18.1. The van der Waals surface area contributed by atoms with Crippen molar-refractivity contribution >= 4 is 11.6 Å². The number of nitrogens with zero attached hydrogens (tertiary/aromatic N) is 3. The molecule has 3 aromatic rings. The number of benzene rings is 2. The van der Waals surface area contributed by atoms with Crippen molar-refractivity contribution in [3.63, 3.8) is 0 Å². The van der Waals surface area contributed by atoms with E-state index in [1.807, 2.05) is 49.4 Å². The number of hydrogen-bond acceptors (Lipinski definition) is 3. The Bertz CT molecular complexity index is 786. The van der Waals surface area contributed by atoms with Gasteiger partial charge in [-0.1, -0.05) is 50.1 Å². The molecule has 5 heteroatoms. The molecular formula is C20H26N4O. The third-order valence-corrected chi connectivity index (χ3v) is 3.30. The third kappa shape index (κ3) is 5.88. The molecule has 0 saturated heterocycles. The van der Waals surface area contributed by atoms with E-state index >= 15 is 0 Å². The van der Waals surface area contributed by atoms with Crippen LogP contribution in [0, 0.1) is 6.92 Å². The predicted molar refractivity (Wildman–Crippen MR) is 103 cm³/mol. The van der Waals surface area contributed by atoms with Gasteiger partial charge in [-0.2, -0.15) is 5.10 Å². The van der Waals surface area contributed by atoms with Crippen molar-refractivity contribution in [1.82, 2.24) is 14.8 Å². The Morgan fingerprint density at radius 1 is 1.16 bits per heavy atom. The molecule has 0 aliphatic carbocycles. The normalized spacial score (nSPS) is 9.88. The molecule has 1 aromatic heterocycles. The summed E-state index contributed by atoms with van der Waals surface area (Å²) in [5.74, 6) is -0.104. The molecule has 0 bridgehead atoms. The van der Waals surface area contributed by atoms with Crippen LogP contribution in [0.4, 0.5) is 5.69 Å². The molecule has 1 heterocycles. The molecule has 0 atom stereocenters. The Balaban J connectivity index is 0.000000791. The molecule has 0 fully saturated rings. The number of carbonyl (C=O) groups is 1. The average Bonchev–Trinajstić information content (AvgIpc) is 3.10. The maximum atomic E-state index is 12.2. The number of amides is 1. The molecule has 0 aliphatic rings. The Kier molecular flexibility index (Phi) is 6.89. The number of aromatic nitrogens is 3. The van der Waals surface area contributed by atoms with E-state index in [-0.39, 0.29) is 7.33 Å². The van der Waals surface area contributed by atoms with Gasteiger partial charge in [-0.05, 0) is 36.8 Å². The van der Waals surface area contributed by atoms with Crippen LogP contribution in [0.5, 0.6) is 0 Å². The van der Waals surface area contributed by atoms with E-state index in [1.165, 1.54) is 12.7 Å². The summed E-state index contributed by atoms with van der Waals surface area (Å²) in [7, 11) is 0. The molecule has 5 nitrogen and oxygen atoms in total. The number of anilines is 1. The number of rotatable bonds is 4. The van der Waals surface area contributed by atoms with E-state index in [2.05, 4.69) is 29.2 Å². The standard InChI is InChI=1S/C17H16N4O.C3H8.H2/c1-13-3-2-4-15(9-13)17(22)20-16-7-5-14(6-8-16)10-21-12-18-11-19-21;1-3-2;/h2-9,11-12H,10H2,1H3,(H,20,22);3H2,1-2H3;1H. The monoisotopic (exact) mass is 338 g/mol. The van der Waals surface area contributed by atoms with Crippen LogP contribution in [0.25, 0.3) is 0 Å². The number of carbonyl (C=O) groups excluding carboxylic acids is 1. The highest BCUT2D eigenvalue weighted by molar-refractivity contribution is 6.04. The maximum Gasteiger partial charge on any atom is 0.255 e. The Labute approximate surface area is 150 Å². The smallest absolute Gasteiger partial charge is 0.255 e. The second-order valence-electron chi connectivity index (χ2n) is 5.82. The summed E-state index contributed by atoms with van der Waals surface area (Å²) < 4.78 is 1.75. The van der Waals surface area contributed by atoms with Crippen molar-refractivity contribution in [1.29, 1.82) is 0 Å². The average molecular weight is 338 g/mol. The molecule has 0 saturated carbocycles. The van der Waals surface area contributed by atoms with Gasteiger partial charge in [0.15, 0.2) is 0 Å². The van der Waals surface area contributed by atoms with Gasteiger partial charge >= 0.3 is 0 Å². The van der Waals surface area contributed by atoms with Crippen LogP contribution in [0.1, 0.15) is 43.2 Å². The minimum atomic E-state index is -0.104. The Morgan fingerprint density at radius 3 is 2.48 bits per heavy atom. The maximum absolute atomic E-state index is 12.2. The molecule has 3 rings (SSSR count). The van der Waals surface area contributed by atoms with Crippen LogP contribution in [-0.2, 0) is 6.54 Å². The quantitative estimate of drug-likeness (QED) is 0.759. The number of aryl methyl sites for hydroxylation is 1. The summed E-state index contributed by atoms with van der Waals surface area (Å²) in [5.41, 5.74) is 3.59. The zero-order valence-corrected chi connectivity index (χ0v) is 14.9. The second-order valence-corrected chi connectivity index (χ2v) is 5.82. The lowest BCUT2D eigenvalue weighted by atomic mass is 10.1. The van der Waals surface area contributed by atoms with E-state index in [4.69, 9.17) is 0 Å². The third-order valence-electron chi connectivity index (χ3n) is 3.30. The molecular weight excluding hydrogens is 312 g/mol. The fourth-order valence-electron chi connectivity index (χ4n) is 2.18. The highest BCUT2D eigenvalue weighted by Crippen LogP contribution is 2.13. The van der Waals surface area contributed by atoms with Crippen LogP contribution in [-0.4, -0.2) is 20.7 Å². The van der Waals surface area contributed by atoms with Gasteiger partial charge in [0.2, 0.25) is 0 Å². The van der Waals surface area contributed by atoms with Gasteiger partial charge < -0.3 is 5.32 Å². The van der Waals surface area contributed by atoms with E-state index < -0.39 is 0 Å². The van der Waals surface area contributed by atoms with Gasteiger partial charge in [0.05, 0.1) is 6.54 Å². The van der Waals surface area contributed by atoms with Crippen LogP contribution in [0.15, 0.2) is 61.2 Å². The largest absolute Gasteiger partial charge is 0.322 e. The highest BCUT2D eigenvalue weighted by Gasteiger charge is 2.06. The SMILES string of the molecule is CCC.Cc1cccc(C(=O)Nc2ccc(Cn3cncn3)cc2)c1.[HH]. The number of hydrogen-bond donors (Lipinski definition) is 1. The van der Waals surface area contributed by atoms with E-state index in [9.17, 15) is 4.79 Å². The van der Waals surface area contributed by atoms with Crippen molar-refractivity contribution in [3.05, 3.63) is 77.9 Å². The van der Waals surface area contributed by atoms with Crippen LogP contribution in [0.2, 0.25) is 0 Å². The minimum Gasteiger partial charge on any atom is -0.322 e. The van der Waals surface area contributed by atoms with Crippen molar-refractivity contribution in [2.45, 2.75) is 33.7 Å². The minimum absolute atomic E-state index is 0. The van der Waals surface area contributed by atoms with E-state index in [1.54, 1.807) is 17.1 Å². The fraction of sp³-hybridized carbons (Fsp3) is 0.250. The first-order valence-corrected chi connectivity index (χ1v) is 8.41. The molecule has 0 unspecified atom stereocenters. The van der Waals surface area contributed by atoms with Crippen molar-refractivity contribution < 1.29 is 6.22 Å². The summed E-state index contributed by atoms with van der Waals surface area (Å²) in [5, 5.41) is 6.96. The Hall–Kier alpha value is -2.95. The predicted octanol–water partition coefficient (Wildman–Crippen LogP) is 4.55. The van der Waals surface area contributed by atoms with Crippen molar-refractivity contribution in [2.75, 3.05) is 5.32 Å². The van der Waals surface area contributed by atoms with E-state index in [0.717, 1.165) is 16.8 Å². The second kappa shape index (κ2) is 9.37. The van der Waals surface area contributed by atoms with Gasteiger partial charge in [-0.3, -0.25) is 4.79 Å². The molecule has 0 spiro atoms. The molecule has 132 valence electrons.